The van der Waals surface area contributed by atoms with Crippen molar-refractivity contribution in [2.24, 2.45) is 10.9 Å². The third-order valence-electron chi connectivity index (χ3n) is 6.39. The minimum atomic E-state index is -0.526. The molecule has 10 nitrogen and oxygen atoms in total. The number of carbonyl (C=O) groups is 2. The van der Waals surface area contributed by atoms with Gasteiger partial charge in [0.2, 0.25) is 0 Å². The monoisotopic (exact) mass is 555 g/mol. The molecule has 40 heavy (non-hydrogen) atoms. The number of hydrogen-bond acceptors (Lipinski definition) is 9. The lowest BCUT2D eigenvalue weighted by molar-refractivity contribution is 0.0586. The van der Waals surface area contributed by atoms with Crippen LogP contribution in [0.2, 0.25) is 0 Å². The number of carbonyl (C=O) groups excluding carboxylic acids is 2. The number of methoxy groups -OCH3 is 4. The average molecular weight is 556 g/mol. The van der Waals surface area contributed by atoms with Crippen molar-refractivity contribution in [3.8, 4) is 17.6 Å². The van der Waals surface area contributed by atoms with Gasteiger partial charge in [-0.2, -0.15) is 5.26 Å². The van der Waals surface area contributed by atoms with Crippen molar-refractivity contribution in [2.45, 2.75) is 66.2 Å². The molecule has 0 unspecified atom stereocenters. The Labute approximate surface area is 236 Å². The second-order valence-electron chi connectivity index (χ2n) is 11.1. The van der Waals surface area contributed by atoms with Crippen molar-refractivity contribution in [1.29, 1.82) is 5.26 Å². The van der Waals surface area contributed by atoms with Crippen LogP contribution in [0.15, 0.2) is 17.3 Å². The van der Waals surface area contributed by atoms with E-state index in [4.69, 9.17) is 29.9 Å². The summed E-state index contributed by atoms with van der Waals surface area (Å²) >= 11 is 0. The lowest BCUT2D eigenvalue weighted by Crippen LogP contribution is -2.22. The van der Waals surface area contributed by atoms with Crippen LogP contribution in [0.4, 0.5) is 0 Å². The summed E-state index contributed by atoms with van der Waals surface area (Å²) in [5, 5.41) is 21.2. The number of amidine groups is 1. The van der Waals surface area contributed by atoms with E-state index in [1.54, 1.807) is 26.0 Å². The number of benzene rings is 2. The molecule has 0 aliphatic carbocycles. The Hall–Kier alpha value is -4.26. The maximum Gasteiger partial charge on any atom is 0.341 e. The van der Waals surface area contributed by atoms with Gasteiger partial charge in [0.15, 0.2) is 5.84 Å². The maximum atomic E-state index is 12.1. The number of nitrogens with two attached hydrogens (primary N) is 1. The van der Waals surface area contributed by atoms with Crippen LogP contribution in [0.1, 0.15) is 95.6 Å². The first-order chi connectivity index (χ1) is 18.5. The molecule has 0 heterocycles. The van der Waals surface area contributed by atoms with Crippen molar-refractivity contribution in [3.05, 3.63) is 56.6 Å². The molecule has 2 aromatic carbocycles. The predicted molar refractivity (Wildman–Crippen MR) is 153 cm³/mol. The first kappa shape index (κ1) is 33.8. The number of nitrogens with zero attached hydrogens (tertiary/aromatic N) is 2. The third-order valence-corrected chi connectivity index (χ3v) is 6.39. The highest BCUT2D eigenvalue weighted by Gasteiger charge is 2.30. The molecular weight excluding hydrogens is 514 g/mol. The van der Waals surface area contributed by atoms with Gasteiger partial charge in [-0.3, -0.25) is 0 Å². The third kappa shape index (κ3) is 7.03. The molecule has 2 aromatic rings. The van der Waals surface area contributed by atoms with Crippen LogP contribution < -0.4 is 15.2 Å². The molecule has 0 aliphatic heterocycles. The minimum Gasteiger partial charge on any atom is -0.496 e. The molecule has 10 heteroatoms. The van der Waals surface area contributed by atoms with Gasteiger partial charge in [-0.25, -0.2) is 9.59 Å². The van der Waals surface area contributed by atoms with Gasteiger partial charge < -0.3 is 29.9 Å². The highest BCUT2D eigenvalue weighted by Crippen LogP contribution is 2.39. The fourth-order valence-corrected chi connectivity index (χ4v) is 4.19. The first-order valence-electron chi connectivity index (χ1n) is 12.4. The van der Waals surface area contributed by atoms with Crippen molar-refractivity contribution in [2.75, 3.05) is 28.4 Å². The molecule has 0 aromatic heterocycles. The summed E-state index contributed by atoms with van der Waals surface area (Å²) in [5.41, 5.74) is 9.45. The van der Waals surface area contributed by atoms with Gasteiger partial charge in [-0.1, -0.05) is 46.7 Å². The van der Waals surface area contributed by atoms with Crippen LogP contribution in [0.25, 0.3) is 0 Å². The predicted octanol–water partition coefficient (Wildman–Crippen LogP) is 5.14. The SMILES string of the molecule is COC(=O)c1c(C)c(C#N)cc(C(C)(C)C)c1OC.COC(=O)c1c(C)c(C(N)=NO)cc(C(C)(C)C)c1OC. The van der Waals surface area contributed by atoms with E-state index < -0.39 is 11.9 Å². The Balaban J connectivity index is 0.000000402. The van der Waals surface area contributed by atoms with E-state index in [1.165, 1.54) is 28.4 Å². The highest BCUT2D eigenvalue weighted by molar-refractivity contribution is 6.04. The van der Waals surface area contributed by atoms with E-state index in [2.05, 4.69) is 11.2 Å². The zero-order valence-electron chi connectivity index (χ0n) is 25.5. The Morgan fingerprint density at radius 2 is 1.23 bits per heavy atom. The topological polar surface area (TPSA) is 153 Å². The molecule has 0 spiro atoms. The summed E-state index contributed by atoms with van der Waals surface area (Å²) in [6.07, 6.45) is 0. The molecular formula is C30H41N3O7. The van der Waals surface area contributed by atoms with Crippen molar-refractivity contribution >= 4 is 17.8 Å². The second-order valence-corrected chi connectivity index (χ2v) is 11.1. The number of ether oxygens (including phenoxy) is 4. The van der Waals surface area contributed by atoms with E-state index in [-0.39, 0.29) is 22.2 Å². The van der Waals surface area contributed by atoms with Crippen molar-refractivity contribution in [1.82, 2.24) is 0 Å². The summed E-state index contributed by atoms with van der Waals surface area (Å²) < 4.78 is 20.5. The van der Waals surface area contributed by atoms with E-state index in [9.17, 15) is 14.9 Å². The van der Waals surface area contributed by atoms with Crippen LogP contribution in [-0.2, 0) is 20.3 Å². The molecule has 0 saturated heterocycles. The van der Waals surface area contributed by atoms with Crippen molar-refractivity contribution < 1.29 is 33.7 Å². The summed E-state index contributed by atoms with van der Waals surface area (Å²) in [7, 11) is 5.63. The van der Waals surface area contributed by atoms with Crippen LogP contribution in [0, 0.1) is 25.2 Å². The quantitative estimate of drug-likeness (QED) is 0.168. The first-order valence-corrected chi connectivity index (χ1v) is 12.4. The fraction of sp³-hybridized carbons (Fsp3) is 0.467. The average Bonchev–Trinajstić information content (AvgIpc) is 2.89. The molecule has 0 bridgehead atoms. The summed E-state index contributed by atoms with van der Waals surface area (Å²) in [5.74, 6) is -0.151. The van der Waals surface area contributed by atoms with Gasteiger partial charge in [0, 0.05) is 16.7 Å². The normalized spacial score (nSPS) is 11.5. The number of hydrogen-bond donors (Lipinski definition) is 2. The molecule has 0 atom stereocenters. The van der Waals surface area contributed by atoms with Gasteiger partial charge in [-0.05, 0) is 47.9 Å². The highest BCUT2D eigenvalue weighted by atomic mass is 16.5. The summed E-state index contributed by atoms with van der Waals surface area (Å²) in [6.45, 7) is 15.4. The van der Waals surface area contributed by atoms with Crippen LogP contribution in [0.3, 0.4) is 0 Å². The lowest BCUT2D eigenvalue weighted by atomic mass is 9.82. The Morgan fingerprint density at radius 3 is 1.55 bits per heavy atom. The number of oxime groups is 1. The van der Waals surface area contributed by atoms with Crippen LogP contribution in [-0.4, -0.2) is 51.4 Å². The minimum absolute atomic E-state index is 0.0641. The van der Waals surface area contributed by atoms with E-state index >= 15 is 0 Å². The van der Waals surface area contributed by atoms with Crippen molar-refractivity contribution in [3.63, 3.8) is 0 Å². The molecule has 2 rings (SSSR count). The fourth-order valence-electron chi connectivity index (χ4n) is 4.19. The summed E-state index contributed by atoms with van der Waals surface area (Å²) in [6, 6.07) is 5.67. The lowest BCUT2D eigenvalue weighted by Gasteiger charge is -2.26. The number of nitriles is 1. The molecule has 0 fully saturated rings. The molecule has 218 valence electrons. The number of rotatable bonds is 5. The second kappa shape index (κ2) is 13.2. The Bertz CT molecular complexity index is 1340. The largest absolute Gasteiger partial charge is 0.496 e. The van der Waals surface area contributed by atoms with Crippen LogP contribution >= 0.6 is 0 Å². The molecule has 0 radical (unpaired) electrons. The standard InChI is InChI=1S/C15H22N2O4.C15H19NO3/c1-8-9(13(16)17-19)7-10(15(2,3)4)12(20-5)11(8)14(18)21-6;1-9-10(8-16)7-11(15(2,3)4)13(18-5)12(9)14(17)19-6/h7,19H,1-6H3,(H2,16,17);7H,1-6H3. The zero-order valence-corrected chi connectivity index (χ0v) is 25.5. The summed E-state index contributed by atoms with van der Waals surface area (Å²) in [4.78, 5) is 24.1. The molecule has 0 saturated carbocycles. The van der Waals surface area contributed by atoms with Gasteiger partial charge in [0.1, 0.15) is 22.6 Å². The van der Waals surface area contributed by atoms with Gasteiger partial charge in [-0.15, -0.1) is 0 Å². The zero-order chi connectivity index (χ0) is 31.2. The van der Waals surface area contributed by atoms with Gasteiger partial charge in [0.05, 0.1) is 40.1 Å². The number of esters is 2. The Kier molecular flexibility index (Phi) is 11.1. The molecule has 3 N–H and O–H groups in total. The maximum absolute atomic E-state index is 12.1. The van der Waals surface area contributed by atoms with E-state index in [0.717, 1.165) is 11.1 Å². The molecule has 0 aliphatic rings. The van der Waals surface area contributed by atoms with E-state index in [1.807, 2.05) is 41.5 Å². The Morgan fingerprint density at radius 1 is 0.825 bits per heavy atom. The smallest absolute Gasteiger partial charge is 0.341 e. The van der Waals surface area contributed by atoms with Gasteiger partial charge in [0.25, 0.3) is 0 Å². The molecule has 0 amide bonds. The van der Waals surface area contributed by atoms with E-state index in [0.29, 0.717) is 39.3 Å². The van der Waals surface area contributed by atoms with Crippen LogP contribution in [0.5, 0.6) is 11.5 Å². The van der Waals surface area contributed by atoms with Gasteiger partial charge >= 0.3 is 11.9 Å².